The zero-order chi connectivity index (χ0) is 18.3. The molecule has 2 fully saturated rings. The first kappa shape index (κ1) is 16.2. The minimum atomic E-state index is -0.245. The van der Waals surface area contributed by atoms with Gasteiger partial charge in [0.25, 0.3) is 5.56 Å². The van der Waals surface area contributed by atoms with Crippen molar-refractivity contribution in [3.8, 4) is 11.5 Å². The van der Waals surface area contributed by atoms with Gasteiger partial charge in [-0.3, -0.25) is 9.89 Å². The molecule has 3 aromatic heterocycles. The van der Waals surface area contributed by atoms with E-state index in [1.54, 1.807) is 12.4 Å². The molecule has 27 heavy (non-hydrogen) atoms. The Hall–Kier alpha value is -3.01. The summed E-state index contributed by atoms with van der Waals surface area (Å²) in [6.45, 7) is 3.62. The minimum absolute atomic E-state index is 0.245. The first-order valence-electron chi connectivity index (χ1n) is 9.06. The second kappa shape index (κ2) is 6.31. The Kier molecular flexibility index (Phi) is 3.78. The van der Waals surface area contributed by atoms with Crippen LogP contribution in [0.4, 0.5) is 5.82 Å². The second-order valence-corrected chi connectivity index (χ2v) is 7.17. The van der Waals surface area contributed by atoms with Gasteiger partial charge in [-0.15, -0.1) is 5.10 Å². The van der Waals surface area contributed by atoms with Gasteiger partial charge in [-0.25, -0.2) is 14.6 Å². The van der Waals surface area contributed by atoms with Gasteiger partial charge < -0.3 is 9.64 Å². The van der Waals surface area contributed by atoms with E-state index >= 15 is 0 Å². The monoisotopic (exact) mass is 368 g/mol. The third-order valence-electron chi connectivity index (χ3n) is 5.62. The number of hydrogen-bond donors (Lipinski definition) is 1. The molecule has 0 unspecified atom stereocenters. The fraction of sp³-hybridized carbons (Fsp3) is 0.471. The van der Waals surface area contributed by atoms with Gasteiger partial charge in [-0.05, 0) is 24.7 Å². The Bertz CT molecular complexity index is 977. The highest BCUT2D eigenvalue weighted by Crippen LogP contribution is 2.39. The summed E-state index contributed by atoms with van der Waals surface area (Å²) in [4.78, 5) is 23.6. The average molecular weight is 368 g/mol. The maximum absolute atomic E-state index is 12.7. The summed E-state index contributed by atoms with van der Waals surface area (Å²) < 4.78 is 8.41. The van der Waals surface area contributed by atoms with E-state index in [9.17, 15) is 4.79 Å². The topological polar surface area (TPSA) is 107 Å². The van der Waals surface area contributed by atoms with Gasteiger partial charge in [0, 0.05) is 25.8 Å². The molecule has 0 atom stereocenters. The normalized spacial score (nSPS) is 19.0. The lowest BCUT2D eigenvalue weighted by Gasteiger charge is -2.38. The molecule has 1 spiro atoms. The molecule has 10 nitrogen and oxygen atoms in total. The Morgan fingerprint density at radius 2 is 2.00 bits per heavy atom. The van der Waals surface area contributed by atoms with Crippen molar-refractivity contribution < 1.29 is 4.74 Å². The van der Waals surface area contributed by atoms with E-state index in [4.69, 9.17) is 4.74 Å². The maximum atomic E-state index is 12.7. The molecule has 2 aliphatic rings. The Morgan fingerprint density at radius 3 is 2.74 bits per heavy atom. The van der Waals surface area contributed by atoms with Crippen LogP contribution in [0.3, 0.4) is 0 Å². The summed E-state index contributed by atoms with van der Waals surface area (Å²) in [7, 11) is 0. The van der Waals surface area contributed by atoms with E-state index < -0.39 is 0 Å². The third kappa shape index (κ3) is 2.81. The van der Waals surface area contributed by atoms with Crippen LogP contribution in [-0.4, -0.2) is 61.0 Å². The SMILES string of the molecule is O=c1c(-n2ccnn2)c[nH]n1-c1cc(N2CCC3(CCOC3)CC2)ncn1. The largest absolute Gasteiger partial charge is 0.381 e. The van der Waals surface area contributed by atoms with Crippen molar-refractivity contribution in [2.75, 3.05) is 31.2 Å². The first-order valence-corrected chi connectivity index (χ1v) is 9.06. The summed E-state index contributed by atoms with van der Waals surface area (Å²) in [5, 5.41) is 10.5. The predicted octanol–water partition coefficient (Wildman–Crippen LogP) is 0.543. The lowest BCUT2D eigenvalue weighted by molar-refractivity contribution is 0.133. The molecule has 5 heterocycles. The van der Waals surface area contributed by atoms with Crippen molar-refractivity contribution in [2.24, 2.45) is 5.41 Å². The smallest absolute Gasteiger partial charge is 0.298 e. The number of aromatic nitrogens is 7. The molecule has 0 aromatic carbocycles. The Morgan fingerprint density at radius 1 is 1.15 bits per heavy atom. The van der Waals surface area contributed by atoms with Crippen LogP contribution in [0.15, 0.2) is 35.8 Å². The molecule has 2 saturated heterocycles. The van der Waals surface area contributed by atoms with E-state index in [1.165, 1.54) is 21.9 Å². The Labute approximate surface area is 154 Å². The summed E-state index contributed by atoms with van der Waals surface area (Å²) >= 11 is 0. The van der Waals surface area contributed by atoms with Crippen molar-refractivity contribution in [1.82, 2.24) is 34.7 Å². The molecule has 2 aliphatic heterocycles. The second-order valence-electron chi connectivity index (χ2n) is 7.17. The van der Waals surface area contributed by atoms with Crippen LogP contribution < -0.4 is 10.5 Å². The van der Waals surface area contributed by atoms with Crippen LogP contribution in [-0.2, 0) is 4.74 Å². The van der Waals surface area contributed by atoms with Gasteiger partial charge in [0.05, 0.1) is 25.2 Å². The molecule has 0 aliphatic carbocycles. The van der Waals surface area contributed by atoms with Gasteiger partial charge >= 0.3 is 0 Å². The number of piperidine rings is 1. The van der Waals surface area contributed by atoms with Crippen LogP contribution in [0.25, 0.3) is 11.5 Å². The zero-order valence-corrected chi connectivity index (χ0v) is 14.8. The lowest BCUT2D eigenvalue weighted by Crippen LogP contribution is -2.41. The standard InChI is InChI=1S/C17H20N8O2/c26-16-13(24-7-4-20-22-24)10-21-25(16)15-9-14(18-12-19-15)23-5-1-17(2-6-23)3-8-27-11-17/h4,7,9-10,12,21H,1-3,5-6,8,11H2. The average Bonchev–Trinajstić information content (AvgIpc) is 3.44. The molecule has 5 rings (SSSR count). The fourth-order valence-corrected chi connectivity index (χ4v) is 3.92. The minimum Gasteiger partial charge on any atom is -0.381 e. The van der Waals surface area contributed by atoms with Crippen LogP contribution in [0.2, 0.25) is 0 Å². The third-order valence-corrected chi connectivity index (χ3v) is 5.62. The van der Waals surface area contributed by atoms with Crippen LogP contribution in [0.1, 0.15) is 19.3 Å². The predicted molar refractivity (Wildman–Crippen MR) is 96.2 cm³/mol. The number of rotatable bonds is 3. The van der Waals surface area contributed by atoms with Gasteiger partial charge in [0.15, 0.2) is 11.5 Å². The molecule has 10 heteroatoms. The van der Waals surface area contributed by atoms with E-state index in [-0.39, 0.29) is 5.56 Å². The number of anilines is 1. The van der Waals surface area contributed by atoms with Gasteiger partial charge in [-0.1, -0.05) is 5.21 Å². The molecule has 0 saturated carbocycles. The number of hydrogen-bond acceptors (Lipinski definition) is 7. The van der Waals surface area contributed by atoms with Gasteiger partial charge in [0.1, 0.15) is 12.1 Å². The zero-order valence-electron chi connectivity index (χ0n) is 14.8. The van der Waals surface area contributed by atoms with Gasteiger partial charge in [-0.2, -0.15) is 4.68 Å². The fourth-order valence-electron chi connectivity index (χ4n) is 3.92. The van der Waals surface area contributed by atoms with E-state index in [0.717, 1.165) is 51.4 Å². The number of ether oxygens (including phenoxy) is 1. The summed E-state index contributed by atoms with van der Waals surface area (Å²) in [5.41, 5.74) is 0.481. The van der Waals surface area contributed by atoms with Crippen LogP contribution in [0.5, 0.6) is 0 Å². The van der Waals surface area contributed by atoms with Crippen molar-refractivity contribution in [3.05, 3.63) is 41.3 Å². The number of aromatic amines is 1. The molecule has 3 aromatic rings. The summed E-state index contributed by atoms with van der Waals surface area (Å²) in [6.07, 6.45) is 9.59. The molecule has 140 valence electrons. The van der Waals surface area contributed by atoms with Crippen molar-refractivity contribution in [2.45, 2.75) is 19.3 Å². The van der Waals surface area contributed by atoms with Gasteiger partial charge in [0.2, 0.25) is 0 Å². The molecule has 0 amide bonds. The summed E-state index contributed by atoms with van der Waals surface area (Å²) in [5.74, 6) is 1.33. The van der Waals surface area contributed by atoms with Crippen LogP contribution in [0, 0.1) is 5.41 Å². The van der Waals surface area contributed by atoms with E-state index in [1.807, 2.05) is 6.07 Å². The van der Waals surface area contributed by atoms with Crippen molar-refractivity contribution >= 4 is 5.82 Å². The quantitative estimate of drug-likeness (QED) is 0.719. The number of H-pyrrole nitrogens is 1. The Balaban J connectivity index is 1.39. The highest BCUT2D eigenvalue weighted by molar-refractivity contribution is 5.44. The highest BCUT2D eigenvalue weighted by Gasteiger charge is 2.38. The number of nitrogens with one attached hydrogen (secondary N) is 1. The van der Waals surface area contributed by atoms with Crippen molar-refractivity contribution in [3.63, 3.8) is 0 Å². The van der Waals surface area contributed by atoms with Crippen LogP contribution >= 0.6 is 0 Å². The first-order chi connectivity index (χ1) is 13.2. The highest BCUT2D eigenvalue weighted by atomic mass is 16.5. The van der Waals surface area contributed by atoms with Crippen molar-refractivity contribution in [1.29, 1.82) is 0 Å². The number of nitrogens with zero attached hydrogens (tertiary/aromatic N) is 7. The molecular formula is C17H20N8O2. The molecular weight excluding hydrogens is 348 g/mol. The van der Waals surface area contributed by atoms with E-state index in [0.29, 0.717) is 16.9 Å². The molecule has 0 bridgehead atoms. The maximum Gasteiger partial charge on any atom is 0.298 e. The molecule has 0 radical (unpaired) electrons. The van der Waals surface area contributed by atoms with E-state index in [2.05, 4.69) is 30.3 Å². The molecule has 1 N–H and O–H groups in total. The summed E-state index contributed by atoms with van der Waals surface area (Å²) in [6, 6.07) is 1.84. The lowest BCUT2D eigenvalue weighted by atomic mass is 9.78.